The van der Waals surface area contributed by atoms with E-state index >= 15 is 0 Å². The Labute approximate surface area is 327 Å². The minimum Gasteiger partial charge on any atom is -0.361 e. The van der Waals surface area contributed by atoms with Crippen LogP contribution in [0.3, 0.4) is 0 Å². The van der Waals surface area contributed by atoms with Crippen LogP contribution in [0.15, 0.2) is 85.5 Å². The van der Waals surface area contributed by atoms with Gasteiger partial charge in [0.15, 0.2) is 0 Å². The summed E-state index contributed by atoms with van der Waals surface area (Å²) in [6.45, 7) is 3.31. The van der Waals surface area contributed by atoms with Crippen LogP contribution in [0.2, 0.25) is 0 Å². The van der Waals surface area contributed by atoms with Crippen LogP contribution in [0.1, 0.15) is 23.1 Å². The maximum atomic E-state index is 14.1. The molecule has 0 bridgehead atoms. The SMILES string of the molecule is NC(=O)NCCCN(CCN(CCc1c[nH]c2ccccc12)C(=O)CNCc1cccnc1)CC(=O)N(CCc1c[nH]c2ccccc12)CC(=O)NCCS. The van der Waals surface area contributed by atoms with Gasteiger partial charge >= 0.3 is 6.03 Å². The second-order valence-electron chi connectivity index (χ2n) is 13.4. The molecule has 55 heavy (non-hydrogen) atoms. The Bertz CT molecular complexity index is 1980. The van der Waals surface area contributed by atoms with Crippen molar-refractivity contribution in [3.05, 3.63) is 102 Å². The van der Waals surface area contributed by atoms with Crippen LogP contribution in [0.25, 0.3) is 21.8 Å². The van der Waals surface area contributed by atoms with Crippen LogP contribution in [0.4, 0.5) is 4.79 Å². The average molecular weight is 769 g/mol. The third kappa shape index (κ3) is 12.9. The summed E-state index contributed by atoms with van der Waals surface area (Å²) < 4.78 is 0. The lowest BCUT2D eigenvalue weighted by atomic mass is 10.1. The molecule has 5 aromatic rings. The number of primary amides is 1. The molecule has 5 amide bonds. The first-order chi connectivity index (χ1) is 26.8. The van der Waals surface area contributed by atoms with E-state index in [1.807, 2.05) is 76.8 Å². The number of benzene rings is 2. The largest absolute Gasteiger partial charge is 0.361 e. The number of carbonyl (C=O) groups excluding carboxylic acids is 4. The lowest BCUT2D eigenvalue weighted by Crippen LogP contribution is -2.48. The number of amides is 5. The minimum atomic E-state index is -0.619. The van der Waals surface area contributed by atoms with Gasteiger partial charge in [-0.2, -0.15) is 12.6 Å². The highest BCUT2D eigenvalue weighted by atomic mass is 32.1. The van der Waals surface area contributed by atoms with Crippen molar-refractivity contribution in [2.24, 2.45) is 5.73 Å². The molecule has 0 aliphatic heterocycles. The number of aromatic nitrogens is 3. The first-order valence-electron chi connectivity index (χ1n) is 18.7. The zero-order valence-corrected chi connectivity index (χ0v) is 32.0. The average Bonchev–Trinajstić information content (AvgIpc) is 3.81. The number of pyridine rings is 1. The Balaban J connectivity index is 1.29. The highest BCUT2D eigenvalue weighted by Gasteiger charge is 2.22. The zero-order valence-electron chi connectivity index (χ0n) is 31.1. The minimum absolute atomic E-state index is 0.0219. The summed E-state index contributed by atoms with van der Waals surface area (Å²) in [5.41, 5.74) is 10.5. The lowest BCUT2D eigenvalue weighted by Gasteiger charge is -2.30. The van der Waals surface area contributed by atoms with Crippen LogP contribution >= 0.6 is 12.6 Å². The molecule has 3 heterocycles. The number of H-pyrrole nitrogens is 2. The predicted octanol–water partition coefficient (Wildman–Crippen LogP) is 2.68. The summed E-state index contributed by atoms with van der Waals surface area (Å²) in [6.07, 6.45) is 9.14. The Hall–Kier alpha value is -5.38. The Morgan fingerprint density at radius 2 is 1.40 bits per heavy atom. The van der Waals surface area contributed by atoms with E-state index in [4.69, 9.17) is 5.73 Å². The fraction of sp³-hybridized carbons (Fsp3) is 0.375. The molecular weight excluding hydrogens is 717 g/mol. The molecule has 7 N–H and O–H groups in total. The van der Waals surface area contributed by atoms with Crippen molar-refractivity contribution in [2.45, 2.75) is 25.8 Å². The van der Waals surface area contributed by atoms with E-state index in [9.17, 15) is 19.2 Å². The third-order valence-electron chi connectivity index (χ3n) is 9.45. The van der Waals surface area contributed by atoms with E-state index in [0.717, 1.165) is 38.5 Å². The molecule has 0 aliphatic carbocycles. The number of hydrogen-bond donors (Lipinski definition) is 7. The first kappa shape index (κ1) is 40.8. The van der Waals surface area contributed by atoms with Gasteiger partial charge in [0, 0.05) is 105 Å². The van der Waals surface area contributed by atoms with E-state index in [0.29, 0.717) is 77.4 Å². The van der Waals surface area contributed by atoms with Crippen LogP contribution in [-0.2, 0) is 33.8 Å². The van der Waals surface area contributed by atoms with E-state index < -0.39 is 6.03 Å². The molecule has 0 radical (unpaired) electrons. The Kier molecular flexibility index (Phi) is 15.9. The number of carbonyl (C=O) groups is 4. The molecule has 292 valence electrons. The molecule has 0 saturated heterocycles. The quantitative estimate of drug-likeness (QED) is 0.0394. The maximum Gasteiger partial charge on any atom is 0.312 e. The summed E-state index contributed by atoms with van der Waals surface area (Å²) in [5, 5.41) is 10.9. The van der Waals surface area contributed by atoms with Crippen LogP contribution in [0.5, 0.6) is 0 Å². The topological polar surface area (TPSA) is 185 Å². The normalized spacial score (nSPS) is 11.2. The molecule has 2 aromatic carbocycles. The third-order valence-corrected chi connectivity index (χ3v) is 9.67. The number of fused-ring (bicyclic) bond motifs is 2. The van der Waals surface area contributed by atoms with Gasteiger partial charge in [0.1, 0.15) is 0 Å². The van der Waals surface area contributed by atoms with Crippen molar-refractivity contribution >= 4 is 58.2 Å². The molecule has 0 spiro atoms. The highest BCUT2D eigenvalue weighted by Crippen LogP contribution is 2.20. The van der Waals surface area contributed by atoms with E-state index in [1.165, 1.54) is 0 Å². The molecular formula is C40H52N10O4S. The molecule has 5 rings (SSSR count). The second-order valence-corrected chi connectivity index (χ2v) is 13.8. The van der Waals surface area contributed by atoms with Gasteiger partial charge in [0.05, 0.1) is 19.6 Å². The summed E-state index contributed by atoms with van der Waals surface area (Å²) in [7, 11) is 0. The van der Waals surface area contributed by atoms with Crippen LogP contribution in [-0.4, -0.2) is 125 Å². The van der Waals surface area contributed by atoms with Crippen molar-refractivity contribution < 1.29 is 19.2 Å². The molecule has 15 heteroatoms. The number of nitrogens with one attached hydrogen (secondary N) is 5. The highest BCUT2D eigenvalue weighted by molar-refractivity contribution is 7.80. The number of aromatic amines is 2. The van der Waals surface area contributed by atoms with Crippen LogP contribution < -0.4 is 21.7 Å². The first-order valence-corrected chi connectivity index (χ1v) is 19.3. The van der Waals surface area contributed by atoms with Gasteiger partial charge in [-0.3, -0.25) is 24.3 Å². The number of thiol groups is 1. The van der Waals surface area contributed by atoms with Gasteiger partial charge in [0.2, 0.25) is 17.7 Å². The predicted molar refractivity (Wildman–Crippen MR) is 219 cm³/mol. The summed E-state index contributed by atoms with van der Waals surface area (Å²) in [6, 6.07) is 19.3. The monoisotopic (exact) mass is 768 g/mol. The van der Waals surface area contributed by atoms with Gasteiger partial charge in [-0.25, -0.2) is 4.79 Å². The molecule has 0 saturated carbocycles. The molecule has 0 atom stereocenters. The van der Waals surface area contributed by atoms with Gasteiger partial charge in [0.25, 0.3) is 0 Å². The molecule has 3 aromatic heterocycles. The van der Waals surface area contributed by atoms with Crippen molar-refractivity contribution in [2.75, 3.05) is 71.2 Å². The Morgan fingerprint density at radius 1 is 0.727 bits per heavy atom. The zero-order chi connectivity index (χ0) is 38.8. The molecule has 14 nitrogen and oxygen atoms in total. The van der Waals surface area contributed by atoms with Crippen LogP contribution in [0, 0.1) is 0 Å². The number of rotatable bonds is 23. The number of nitrogens with two attached hydrogens (primary N) is 1. The van der Waals surface area contributed by atoms with E-state index in [-0.39, 0.29) is 37.4 Å². The second kappa shape index (κ2) is 21.5. The van der Waals surface area contributed by atoms with Gasteiger partial charge in [-0.15, -0.1) is 0 Å². The molecule has 0 aliphatic rings. The van der Waals surface area contributed by atoms with Gasteiger partial charge in [-0.1, -0.05) is 42.5 Å². The lowest BCUT2D eigenvalue weighted by molar-refractivity contribution is -0.137. The van der Waals surface area contributed by atoms with Crippen molar-refractivity contribution in [1.29, 1.82) is 0 Å². The summed E-state index contributed by atoms with van der Waals surface area (Å²) in [5.74, 6) is -0.0482. The van der Waals surface area contributed by atoms with Gasteiger partial charge < -0.3 is 41.5 Å². The van der Waals surface area contributed by atoms with E-state index in [1.54, 1.807) is 17.3 Å². The number of hydrogen-bond acceptors (Lipinski definition) is 8. The Morgan fingerprint density at radius 3 is 2.04 bits per heavy atom. The maximum absolute atomic E-state index is 14.1. The summed E-state index contributed by atoms with van der Waals surface area (Å²) >= 11 is 4.20. The number of nitrogens with zero attached hydrogens (tertiary/aromatic N) is 4. The standard InChI is InChI=1S/C40H52N10O4S/c41-40(54)45-15-6-17-48(29-39(53)50(28-37(51)44-16-22-55)19-13-32-26-47-36-11-4-2-9-34(32)36)20-21-49(38(52)27-43-24-30-7-5-14-42-23-30)18-12-31-25-46-35-10-3-1-8-33(31)35/h1-5,7-11,14,23,25-26,43,46-47,55H,6,12-13,15-22,24,27-29H2,(H,44,51)(H3,41,45,54). The molecule has 0 fully saturated rings. The number of urea groups is 1. The smallest absolute Gasteiger partial charge is 0.312 e. The van der Waals surface area contributed by atoms with E-state index in [2.05, 4.69) is 49.6 Å². The fourth-order valence-corrected chi connectivity index (χ4v) is 6.64. The van der Waals surface area contributed by atoms with Crippen molar-refractivity contribution in [3.63, 3.8) is 0 Å². The van der Waals surface area contributed by atoms with Crippen molar-refractivity contribution in [3.8, 4) is 0 Å². The number of para-hydroxylation sites is 2. The summed E-state index contributed by atoms with van der Waals surface area (Å²) in [4.78, 5) is 68.3. The molecule has 0 unspecified atom stereocenters. The fourth-order valence-electron chi connectivity index (χ4n) is 6.53. The van der Waals surface area contributed by atoms with Crippen molar-refractivity contribution in [1.82, 2.24) is 45.6 Å². The van der Waals surface area contributed by atoms with Gasteiger partial charge in [-0.05, 0) is 54.2 Å².